The number of carbonyl (C=O) groups excluding carboxylic acids is 4. The molecule has 3 aromatic rings. The number of ether oxygens (including phenoxy) is 1. The van der Waals surface area contributed by atoms with Gasteiger partial charge in [-0.1, -0.05) is 55.0 Å². The van der Waals surface area contributed by atoms with Crippen molar-refractivity contribution in [1.82, 2.24) is 0 Å². The number of aryl methyl sites for hydroxylation is 1. The number of carbonyl (C=O) groups is 4. The van der Waals surface area contributed by atoms with Crippen LogP contribution in [0, 0.1) is 6.92 Å². The van der Waals surface area contributed by atoms with Crippen molar-refractivity contribution in [3.63, 3.8) is 0 Å². The average Bonchev–Trinajstić information content (AvgIpc) is 3.07. The topological polar surface area (TPSA) is 80.8 Å². The van der Waals surface area contributed by atoms with Crippen LogP contribution in [0.1, 0.15) is 60.3 Å². The van der Waals surface area contributed by atoms with E-state index in [9.17, 15) is 19.2 Å². The average molecular weight is 427 g/mol. The van der Waals surface area contributed by atoms with Gasteiger partial charge in [-0.3, -0.25) is 14.4 Å². The van der Waals surface area contributed by atoms with Crippen LogP contribution in [0.2, 0.25) is 0 Å². The zero-order valence-corrected chi connectivity index (χ0v) is 17.7. The monoisotopic (exact) mass is 427 g/mol. The van der Waals surface area contributed by atoms with E-state index >= 15 is 0 Å². The maximum atomic E-state index is 12.9. The normalized spacial score (nSPS) is 13.6. The highest BCUT2D eigenvalue weighted by molar-refractivity contribution is 6.34. The van der Waals surface area contributed by atoms with E-state index in [1.165, 1.54) is 18.2 Å². The lowest BCUT2D eigenvalue weighted by molar-refractivity contribution is 0.0277. The Morgan fingerprint density at radius 1 is 0.844 bits per heavy atom. The molecule has 0 bridgehead atoms. The van der Waals surface area contributed by atoms with Gasteiger partial charge in [0, 0.05) is 5.56 Å². The van der Waals surface area contributed by atoms with Crippen molar-refractivity contribution in [2.24, 2.45) is 0 Å². The largest absolute Gasteiger partial charge is 0.450 e. The first-order valence-corrected chi connectivity index (χ1v) is 10.3. The first kappa shape index (κ1) is 21.2. The summed E-state index contributed by atoms with van der Waals surface area (Å²) in [5.74, 6) is -1.97. The summed E-state index contributed by atoms with van der Waals surface area (Å²) in [7, 11) is 0. The summed E-state index contributed by atoms with van der Waals surface area (Å²) in [5, 5.41) is 0. The lowest BCUT2D eigenvalue weighted by Gasteiger charge is -2.15. The number of hydrogen-bond acceptors (Lipinski definition) is 5. The number of imide groups is 1. The third kappa shape index (κ3) is 3.83. The highest BCUT2D eigenvalue weighted by Crippen LogP contribution is 2.29. The molecule has 0 fully saturated rings. The van der Waals surface area contributed by atoms with E-state index in [-0.39, 0.29) is 22.5 Å². The van der Waals surface area contributed by atoms with Gasteiger partial charge in [0.25, 0.3) is 11.8 Å². The molecular weight excluding hydrogens is 406 g/mol. The van der Waals surface area contributed by atoms with Gasteiger partial charge in [0.2, 0.25) is 5.78 Å². The lowest BCUT2D eigenvalue weighted by atomic mass is 10.0. The second-order valence-corrected chi connectivity index (χ2v) is 7.57. The van der Waals surface area contributed by atoms with Crippen LogP contribution in [-0.4, -0.2) is 29.7 Å². The molecule has 4 rings (SSSR count). The Labute approximate surface area is 185 Å². The number of anilines is 1. The fraction of sp³-hybridized carbons (Fsp3) is 0.154. The Bertz CT molecular complexity index is 1210. The molecule has 6 heteroatoms. The number of fused-ring (bicyclic) bond motifs is 1. The summed E-state index contributed by atoms with van der Waals surface area (Å²) in [6.45, 7) is 3.67. The molecule has 0 spiro atoms. The SMILES string of the molecule is CC[C@H](OC(=O)c1ccc2c(c1)C(=O)N(c1ccc(C)cc1)C2=O)C(=O)c1ccccc1. The van der Waals surface area contributed by atoms with E-state index in [0.29, 0.717) is 17.7 Å². The third-order valence-corrected chi connectivity index (χ3v) is 5.39. The predicted molar refractivity (Wildman–Crippen MR) is 119 cm³/mol. The fourth-order valence-corrected chi connectivity index (χ4v) is 3.60. The van der Waals surface area contributed by atoms with Crippen LogP contribution in [0.3, 0.4) is 0 Å². The summed E-state index contributed by atoms with van der Waals surface area (Å²) in [6.07, 6.45) is -0.636. The molecule has 1 aliphatic heterocycles. The number of nitrogens with zero attached hydrogens (tertiary/aromatic N) is 1. The van der Waals surface area contributed by atoms with E-state index in [1.54, 1.807) is 49.4 Å². The molecule has 1 heterocycles. The van der Waals surface area contributed by atoms with Crippen molar-refractivity contribution in [3.05, 3.63) is 101 Å². The molecule has 0 unspecified atom stereocenters. The van der Waals surface area contributed by atoms with Crippen molar-refractivity contribution in [2.75, 3.05) is 4.90 Å². The molecule has 160 valence electrons. The summed E-state index contributed by atoms with van der Waals surface area (Å²) < 4.78 is 5.45. The molecule has 0 N–H and O–H groups in total. The van der Waals surface area contributed by atoms with Crippen LogP contribution in [0.4, 0.5) is 5.69 Å². The number of hydrogen-bond donors (Lipinski definition) is 0. The van der Waals surface area contributed by atoms with Crippen LogP contribution >= 0.6 is 0 Å². The van der Waals surface area contributed by atoms with Crippen molar-refractivity contribution < 1.29 is 23.9 Å². The number of benzene rings is 3. The Hall–Kier alpha value is -4.06. The number of ketones is 1. The van der Waals surface area contributed by atoms with Crippen LogP contribution in [0.25, 0.3) is 0 Å². The summed E-state index contributed by atoms with van der Waals surface area (Å²) in [6, 6.07) is 19.9. The van der Waals surface area contributed by atoms with Crippen LogP contribution in [0.5, 0.6) is 0 Å². The Morgan fingerprint density at radius 3 is 2.16 bits per heavy atom. The van der Waals surface area contributed by atoms with Gasteiger partial charge in [-0.25, -0.2) is 9.69 Å². The Morgan fingerprint density at radius 2 is 1.50 bits per heavy atom. The quantitative estimate of drug-likeness (QED) is 0.326. The molecule has 0 saturated heterocycles. The van der Waals surface area contributed by atoms with E-state index < -0.39 is 23.9 Å². The maximum absolute atomic E-state index is 12.9. The minimum absolute atomic E-state index is 0.106. The lowest BCUT2D eigenvalue weighted by Crippen LogP contribution is -2.29. The summed E-state index contributed by atoms with van der Waals surface area (Å²) >= 11 is 0. The minimum Gasteiger partial charge on any atom is -0.450 e. The molecule has 0 aromatic heterocycles. The van der Waals surface area contributed by atoms with Gasteiger partial charge < -0.3 is 4.74 Å². The van der Waals surface area contributed by atoms with E-state index in [1.807, 2.05) is 19.1 Å². The molecule has 0 saturated carbocycles. The highest BCUT2D eigenvalue weighted by atomic mass is 16.5. The summed E-state index contributed by atoms with van der Waals surface area (Å²) in [5.41, 5.74) is 2.38. The molecule has 0 radical (unpaired) electrons. The molecule has 32 heavy (non-hydrogen) atoms. The van der Waals surface area contributed by atoms with Crippen molar-refractivity contribution in [3.8, 4) is 0 Å². The van der Waals surface area contributed by atoms with E-state index in [0.717, 1.165) is 10.5 Å². The molecule has 3 aromatic carbocycles. The number of rotatable bonds is 6. The van der Waals surface area contributed by atoms with E-state index in [2.05, 4.69) is 0 Å². The smallest absolute Gasteiger partial charge is 0.338 e. The van der Waals surface area contributed by atoms with Gasteiger partial charge in [0.15, 0.2) is 6.10 Å². The van der Waals surface area contributed by atoms with Crippen LogP contribution in [-0.2, 0) is 4.74 Å². The van der Waals surface area contributed by atoms with Gasteiger partial charge in [0.05, 0.1) is 22.4 Å². The first-order valence-electron chi connectivity index (χ1n) is 10.3. The van der Waals surface area contributed by atoms with Gasteiger partial charge in [-0.15, -0.1) is 0 Å². The Balaban J connectivity index is 1.56. The third-order valence-electron chi connectivity index (χ3n) is 5.39. The van der Waals surface area contributed by atoms with Crippen molar-refractivity contribution in [2.45, 2.75) is 26.4 Å². The van der Waals surface area contributed by atoms with Crippen LogP contribution in [0.15, 0.2) is 72.8 Å². The van der Waals surface area contributed by atoms with Gasteiger partial charge >= 0.3 is 5.97 Å². The molecular formula is C26H21NO5. The molecule has 1 aliphatic rings. The predicted octanol–water partition coefficient (Wildman–Crippen LogP) is 4.61. The molecule has 6 nitrogen and oxygen atoms in total. The van der Waals surface area contributed by atoms with Gasteiger partial charge in [-0.05, 0) is 43.7 Å². The Kier molecular flexibility index (Phi) is 5.69. The molecule has 1 atom stereocenters. The summed E-state index contributed by atoms with van der Waals surface area (Å²) in [4.78, 5) is 52.2. The standard InChI is InChI=1S/C26H21NO5/c1-3-22(23(28)17-7-5-4-6-8-17)32-26(31)18-11-14-20-21(15-18)25(30)27(24(20)29)19-12-9-16(2)10-13-19/h4-15,22H,3H2,1-2H3/t22-/m0/s1. The second kappa shape index (κ2) is 8.59. The highest BCUT2D eigenvalue weighted by Gasteiger charge is 2.37. The molecule has 0 aliphatic carbocycles. The van der Waals surface area contributed by atoms with Crippen molar-refractivity contribution >= 4 is 29.3 Å². The number of esters is 1. The zero-order chi connectivity index (χ0) is 22.8. The maximum Gasteiger partial charge on any atom is 0.338 e. The minimum atomic E-state index is -0.945. The fourth-order valence-electron chi connectivity index (χ4n) is 3.60. The first-order chi connectivity index (χ1) is 15.4. The second-order valence-electron chi connectivity index (χ2n) is 7.57. The number of Topliss-reactive ketones (excluding diaryl/α,β-unsaturated/α-hetero) is 1. The number of amides is 2. The van der Waals surface area contributed by atoms with Crippen molar-refractivity contribution in [1.29, 1.82) is 0 Å². The zero-order valence-electron chi connectivity index (χ0n) is 17.7. The molecule has 2 amide bonds. The van der Waals surface area contributed by atoms with E-state index in [4.69, 9.17) is 4.74 Å². The van der Waals surface area contributed by atoms with Gasteiger partial charge in [-0.2, -0.15) is 0 Å². The van der Waals surface area contributed by atoms with Gasteiger partial charge in [0.1, 0.15) is 0 Å². The van der Waals surface area contributed by atoms with Crippen LogP contribution < -0.4 is 4.90 Å².